The monoisotopic (exact) mass is 200 g/mol. The van der Waals surface area contributed by atoms with E-state index in [1.165, 1.54) is 4.90 Å². The summed E-state index contributed by atoms with van der Waals surface area (Å²) in [5.74, 6) is 0.243. The second kappa shape index (κ2) is 4.44. The summed E-state index contributed by atoms with van der Waals surface area (Å²) in [6.45, 7) is 11.3. The Bertz CT molecular complexity index is 231. The largest absolute Gasteiger partial charge is 0.438 e. The highest BCUT2D eigenvalue weighted by Gasteiger charge is 2.41. The van der Waals surface area contributed by atoms with E-state index in [1.807, 2.05) is 34.6 Å². The Hall–Kier alpha value is -1.06. The van der Waals surface area contributed by atoms with Gasteiger partial charge in [0, 0.05) is 5.54 Å². The maximum absolute atomic E-state index is 11.2. The summed E-state index contributed by atoms with van der Waals surface area (Å²) >= 11 is 0. The number of carbonyl (C=O) groups excluding carboxylic acids is 1. The predicted octanol–water partition coefficient (Wildman–Crippen LogP) is 2.63. The fourth-order valence-corrected chi connectivity index (χ4v) is 1.18. The van der Waals surface area contributed by atoms with Crippen LogP contribution in [0.25, 0.3) is 0 Å². The molecule has 1 unspecified atom stereocenters. The van der Waals surface area contributed by atoms with Gasteiger partial charge in [-0.2, -0.15) is 0 Å². The van der Waals surface area contributed by atoms with Crippen molar-refractivity contribution in [2.45, 2.75) is 53.2 Å². The first-order valence-electron chi connectivity index (χ1n) is 4.93. The normalized spacial score (nSPS) is 21.6. The molecule has 14 heavy (non-hydrogen) atoms. The second-order valence-electron chi connectivity index (χ2n) is 3.92. The lowest BCUT2D eigenvalue weighted by molar-refractivity contribution is 0.124. The van der Waals surface area contributed by atoms with Gasteiger partial charge in [-0.1, -0.05) is 13.8 Å². The number of hydrogen-bond acceptors (Lipinski definition) is 3. The van der Waals surface area contributed by atoms with Crippen LogP contribution in [0.5, 0.6) is 0 Å². The van der Waals surface area contributed by atoms with Crippen LogP contribution in [0, 0.1) is 5.41 Å². The SMILES string of the molecule is CC.CC1OC(=O)N(C(C)(C)C)C1=N. The first-order valence-corrected chi connectivity index (χ1v) is 4.93. The quantitative estimate of drug-likeness (QED) is 0.653. The van der Waals surface area contributed by atoms with E-state index < -0.39 is 12.2 Å². The Labute approximate surface area is 85.7 Å². The summed E-state index contributed by atoms with van der Waals surface area (Å²) in [6.07, 6.45) is -0.822. The molecule has 0 bridgehead atoms. The minimum atomic E-state index is -0.417. The van der Waals surface area contributed by atoms with E-state index in [4.69, 9.17) is 10.1 Å². The van der Waals surface area contributed by atoms with E-state index >= 15 is 0 Å². The summed E-state index contributed by atoms with van der Waals surface area (Å²) in [6, 6.07) is 0. The average molecular weight is 200 g/mol. The molecule has 4 nitrogen and oxygen atoms in total. The minimum Gasteiger partial charge on any atom is -0.438 e. The Kier molecular flexibility index (Phi) is 4.10. The molecule has 1 amide bonds. The van der Waals surface area contributed by atoms with Gasteiger partial charge in [-0.05, 0) is 27.7 Å². The second-order valence-corrected chi connectivity index (χ2v) is 3.92. The third-order valence-corrected chi connectivity index (χ3v) is 1.76. The highest BCUT2D eigenvalue weighted by molar-refractivity contribution is 6.02. The van der Waals surface area contributed by atoms with Crippen LogP contribution in [-0.4, -0.2) is 28.5 Å². The molecular weight excluding hydrogens is 180 g/mol. The standard InChI is InChI=1S/C8H14N2O2.C2H6/c1-5-6(9)10(7(11)12-5)8(2,3)4;1-2/h5,9H,1-4H3;1-2H3. The molecule has 4 heteroatoms. The molecule has 0 aromatic rings. The molecule has 82 valence electrons. The molecule has 1 rings (SSSR count). The molecule has 1 heterocycles. The highest BCUT2D eigenvalue weighted by Crippen LogP contribution is 2.22. The Morgan fingerprint density at radius 3 is 1.93 bits per heavy atom. The lowest BCUT2D eigenvalue weighted by atomic mass is 10.1. The number of carbonyl (C=O) groups is 1. The van der Waals surface area contributed by atoms with E-state index in [9.17, 15) is 4.79 Å². The van der Waals surface area contributed by atoms with E-state index in [-0.39, 0.29) is 11.4 Å². The zero-order chi connectivity index (χ0) is 11.5. The van der Waals surface area contributed by atoms with Gasteiger partial charge in [0.1, 0.15) is 5.84 Å². The zero-order valence-electron chi connectivity index (χ0n) is 9.84. The maximum atomic E-state index is 11.2. The molecule has 0 aromatic heterocycles. The lowest BCUT2D eigenvalue weighted by Crippen LogP contribution is -2.45. The number of hydrogen-bond donors (Lipinski definition) is 1. The number of rotatable bonds is 0. The van der Waals surface area contributed by atoms with Crippen molar-refractivity contribution >= 4 is 11.9 Å². The van der Waals surface area contributed by atoms with Gasteiger partial charge in [0.05, 0.1) is 0 Å². The molecule has 1 saturated heterocycles. The van der Waals surface area contributed by atoms with Gasteiger partial charge in [-0.3, -0.25) is 10.3 Å². The molecule has 0 aliphatic carbocycles. The van der Waals surface area contributed by atoms with Crippen LogP contribution in [0.15, 0.2) is 0 Å². The smallest absolute Gasteiger partial charge is 0.416 e. The van der Waals surface area contributed by atoms with Crippen molar-refractivity contribution < 1.29 is 9.53 Å². The highest BCUT2D eigenvalue weighted by atomic mass is 16.6. The molecule has 1 aliphatic heterocycles. The van der Waals surface area contributed by atoms with Crippen LogP contribution in [-0.2, 0) is 4.74 Å². The van der Waals surface area contributed by atoms with Gasteiger partial charge in [0.2, 0.25) is 0 Å². The van der Waals surface area contributed by atoms with E-state index in [1.54, 1.807) is 6.92 Å². The molecule has 1 N–H and O–H groups in total. The number of nitrogens with one attached hydrogen (secondary N) is 1. The van der Waals surface area contributed by atoms with E-state index in [0.29, 0.717) is 0 Å². The van der Waals surface area contributed by atoms with Gasteiger partial charge in [0.25, 0.3) is 0 Å². The molecule has 0 saturated carbocycles. The summed E-state index contributed by atoms with van der Waals surface area (Å²) in [7, 11) is 0. The Balaban J connectivity index is 0.000000791. The van der Waals surface area contributed by atoms with Crippen molar-refractivity contribution in [1.82, 2.24) is 4.90 Å². The van der Waals surface area contributed by atoms with Crippen molar-refractivity contribution in [3.8, 4) is 0 Å². The van der Waals surface area contributed by atoms with Gasteiger partial charge in [-0.25, -0.2) is 4.79 Å². The molecular formula is C10H20N2O2. The number of cyclic esters (lactones) is 1. The fraction of sp³-hybridized carbons (Fsp3) is 0.800. The van der Waals surface area contributed by atoms with Crippen LogP contribution >= 0.6 is 0 Å². The average Bonchev–Trinajstić information content (AvgIpc) is 2.29. The third-order valence-electron chi connectivity index (χ3n) is 1.76. The van der Waals surface area contributed by atoms with E-state index in [0.717, 1.165) is 0 Å². The molecule has 1 aliphatic rings. The maximum Gasteiger partial charge on any atom is 0.416 e. The van der Waals surface area contributed by atoms with Crippen molar-refractivity contribution in [1.29, 1.82) is 5.41 Å². The summed E-state index contributed by atoms with van der Waals surface area (Å²) in [5.41, 5.74) is -0.362. The first kappa shape index (κ1) is 12.9. The minimum absolute atomic E-state index is 0.243. The summed E-state index contributed by atoms with van der Waals surface area (Å²) in [5, 5.41) is 7.58. The molecule has 0 aromatic carbocycles. The van der Waals surface area contributed by atoms with Crippen LogP contribution in [0.4, 0.5) is 4.79 Å². The van der Waals surface area contributed by atoms with Crippen molar-refractivity contribution in [3.05, 3.63) is 0 Å². The van der Waals surface area contributed by atoms with Crippen LogP contribution in [0.3, 0.4) is 0 Å². The van der Waals surface area contributed by atoms with Crippen molar-refractivity contribution in [2.24, 2.45) is 0 Å². The Morgan fingerprint density at radius 2 is 1.79 bits per heavy atom. The summed E-state index contributed by atoms with van der Waals surface area (Å²) in [4.78, 5) is 12.6. The zero-order valence-corrected chi connectivity index (χ0v) is 9.84. The molecule has 0 radical (unpaired) electrons. The molecule has 1 fully saturated rings. The lowest BCUT2D eigenvalue weighted by Gasteiger charge is -2.28. The molecule has 0 spiro atoms. The van der Waals surface area contributed by atoms with Crippen molar-refractivity contribution in [3.63, 3.8) is 0 Å². The fourth-order valence-electron chi connectivity index (χ4n) is 1.18. The summed E-state index contributed by atoms with van der Waals surface area (Å²) < 4.78 is 4.88. The van der Waals surface area contributed by atoms with Crippen LogP contribution < -0.4 is 0 Å². The van der Waals surface area contributed by atoms with Gasteiger partial charge in [0.15, 0.2) is 6.10 Å². The number of nitrogens with zero attached hydrogens (tertiary/aromatic N) is 1. The van der Waals surface area contributed by atoms with Gasteiger partial charge < -0.3 is 4.74 Å². The van der Waals surface area contributed by atoms with Crippen LogP contribution in [0.1, 0.15) is 41.5 Å². The van der Waals surface area contributed by atoms with Crippen LogP contribution in [0.2, 0.25) is 0 Å². The van der Waals surface area contributed by atoms with Gasteiger partial charge >= 0.3 is 6.09 Å². The number of amides is 1. The number of ether oxygens (including phenoxy) is 1. The third kappa shape index (κ3) is 2.47. The van der Waals surface area contributed by atoms with Crippen molar-refractivity contribution in [2.75, 3.05) is 0 Å². The number of amidine groups is 1. The Morgan fingerprint density at radius 1 is 1.36 bits per heavy atom. The van der Waals surface area contributed by atoms with E-state index in [2.05, 4.69) is 0 Å². The first-order chi connectivity index (χ1) is 6.34. The van der Waals surface area contributed by atoms with Gasteiger partial charge in [-0.15, -0.1) is 0 Å². The topological polar surface area (TPSA) is 53.4 Å². The molecule has 1 atom stereocenters. The predicted molar refractivity (Wildman–Crippen MR) is 56.6 cm³/mol.